The van der Waals surface area contributed by atoms with Gasteiger partial charge in [-0.1, -0.05) is 0 Å². The molecule has 1 aromatic rings. The summed E-state index contributed by atoms with van der Waals surface area (Å²) >= 11 is 0. The number of sulfonamides is 1. The fourth-order valence-electron chi connectivity index (χ4n) is 1.44. The first kappa shape index (κ1) is 12.5. The molecule has 0 unspecified atom stereocenters. The van der Waals surface area contributed by atoms with Crippen LogP contribution in [-0.2, 0) is 10.0 Å². The molecule has 0 fully saturated rings. The lowest BCUT2D eigenvalue weighted by Gasteiger charge is -2.01. The van der Waals surface area contributed by atoms with Crippen LogP contribution in [0.1, 0.15) is 10.4 Å². The molecule has 0 saturated carbocycles. The van der Waals surface area contributed by atoms with Gasteiger partial charge >= 0.3 is 0 Å². The Kier molecular flexibility index (Phi) is 2.91. The van der Waals surface area contributed by atoms with Crippen molar-refractivity contribution in [1.82, 2.24) is 4.72 Å². The lowest BCUT2D eigenvalue weighted by molar-refractivity contribution is 0.0985. The van der Waals surface area contributed by atoms with E-state index in [2.05, 4.69) is 10.5 Å². The van der Waals surface area contributed by atoms with E-state index in [4.69, 9.17) is 10.5 Å². The summed E-state index contributed by atoms with van der Waals surface area (Å²) in [6, 6.07) is 6.97. The number of nitriles is 2. The van der Waals surface area contributed by atoms with Crippen molar-refractivity contribution in [3.05, 3.63) is 23.8 Å². The standard InChI is InChI=1S/C10H5N5O3S/c11-4-7(5-12)14-13-6-1-2-9-8(3-6)10(16)15-19(9,17)18/h1-3,13H,(H,15,16). The van der Waals surface area contributed by atoms with Gasteiger partial charge in [0.25, 0.3) is 15.9 Å². The largest absolute Gasteiger partial charge is 0.276 e. The van der Waals surface area contributed by atoms with Crippen LogP contribution >= 0.6 is 0 Å². The van der Waals surface area contributed by atoms with E-state index in [0.29, 0.717) is 0 Å². The van der Waals surface area contributed by atoms with Gasteiger partial charge in [-0.2, -0.15) is 15.6 Å². The zero-order valence-corrected chi connectivity index (χ0v) is 10.0. The molecule has 0 aliphatic carbocycles. The van der Waals surface area contributed by atoms with Crippen molar-refractivity contribution in [2.45, 2.75) is 4.90 Å². The second-order valence-corrected chi connectivity index (χ2v) is 5.09. The molecule has 2 N–H and O–H groups in total. The Bertz CT molecular complexity index is 766. The van der Waals surface area contributed by atoms with Gasteiger partial charge in [0.15, 0.2) is 0 Å². The highest BCUT2D eigenvalue weighted by Gasteiger charge is 2.32. The molecule has 0 saturated heterocycles. The van der Waals surface area contributed by atoms with Gasteiger partial charge in [0.2, 0.25) is 5.71 Å². The quantitative estimate of drug-likeness (QED) is 0.573. The van der Waals surface area contributed by atoms with Crippen LogP contribution in [0.5, 0.6) is 0 Å². The molecule has 9 heteroatoms. The van der Waals surface area contributed by atoms with Gasteiger partial charge < -0.3 is 0 Å². The molecule has 1 aliphatic heterocycles. The molecule has 0 bridgehead atoms. The van der Waals surface area contributed by atoms with Crippen LogP contribution in [0.15, 0.2) is 28.2 Å². The number of carbonyl (C=O) groups excluding carboxylic acids is 1. The summed E-state index contributed by atoms with van der Waals surface area (Å²) in [5.41, 5.74) is 2.27. The number of nitrogens with one attached hydrogen (secondary N) is 2. The van der Waals surface area contributed by atoms with Gasteiger partial charge in [-0.25, -0.2) is 13.1 Å². The van der Waals surface area contributed by atoms with Crippen molar-refractivity contribution < 1.29 is 13.2 Å². The number of nitrogens with zero attached hydrogens (tertiary/aromatic N) is 3. The third-order valence-corrected chi connectivity index (χ3v) is 3.64. The van der Waals surface area contributed by atoms with Gasteiger partial charge in [0.05, 0.1) is 11.3 Å². The topological polar surface area (TPSA) is 135 Å². The van der Waals surface area contributed by atoms with Crippen molar-refractivity contribution >= 4 is 27.3 Å². The molecule has 0 atom stereocenters. The smallest absolute Gasteiger partial charge is 0.266 e. The van der Waals surface area contributed by atoms with E-state index >= 15 is 0 Å². The fourth-order valence-corrected chi connectivity index (χ4v) is 2.59. The second-order valence-electron chi connectivity index (χ2n) is 3.44. The first-order valence-electron chi connectivity index (χ1n) is 4.83. The van der Waals surface area contributed by atoms with Gasteiger partial charge in [0.1, 0.15) is 17.0 Å². The van der Waals surface area contributed by atoms with Crippen LogP contribution in [0.4, 0.5) is 5.69 Å². The number of hydrogen-bond acceptors (Lipinski definition) is 7. The van der Waals surface area contributed by atoms with E-state index in [0.717, 1.165) is 0 Å². The molecule has 1 aliphatic rings. The van der Waals surface area contributed by atoms with Crippen molar-refractivity contribution in [3.8, 4) is 12.1 Å². The second kappa shape index (κ2) is 4.40. The lowest BCUT2D eigenvalue weighted by Crippen LogP contribution is -2.20. The molecule has 2 rings (SSSR count). The number of hydrogen-bond donors (Lipinski definition) is 2. The molecule has 94 valence electrons. The number of anilines is 1. The third-order valence-electron chi connectivity index (χ3n) is 2.25. The van der Waals surface area contributed by atoms with E-state index < -0.39 is 21.6 Å². The van der Waals surface area contributed by atoms with Gasteiger partial charge in [-0.3, -0.25) is 10.2 Å². The molecule has 1 amide bonds. The Morgan fingerprint density at radius 3 is 2.63 bits per heavy atom. The maximum atomic E-state index is 11.5. The number of rotatable bonds is 2. The third kappa shape index (κ3) is 2.22. The summed E-state index contributed by atoms with van der Waals surface area (Å²) in [5, 5.41) is 20.4. The highest BCUT2D eigenvalue weighted by molar-refractivity contribution is 7.90. The molecule has 0 radical (unpaired) electrons. The number of hydrazone groups is 1. The summed E-state index contributed by atoms with van der Waals surface area (Å²) < 4.78 is 24.8. The molecule has 8 nitrogen and oxygen atoms in total. The predicted octanol–water partition coefficient (Wildman–Crippen LogP) is -0.0662. The van der Waals surface area contributed by atoms with Crippen LogP contribution in [0, 0.1) is 22.7 Å². The van der Waals surface area contributed by atoms with Gasteiger partial charge in [0, 0.05) is 0 Å². The molecule has 19 heavy (non-hydrogen) atoms. The van der Waals surface area contributed by atoms with Crippen molar-refractivity contribution in [3.63, 3.8) is 0 Å². The molecule has 1 aromatic carbocycles. The average molecular weight is 275 g/mol. The van der Waals surface area contributed by atoms with E-state index in [1.54, 1.807) is 12.1 Å². The minimum atomic E-state index is -3.78. The summed E-state index contributed by atoms with van der Waals surface area (Å²) in [5.74, 6) is -0.733. The molecule has 1 heterocycles. The monoisotopic (exact) mass is 275 g/mol. The first-order chi connectivity index (χ1) is 8.97. The molecule has 0 aromatic heterocycles. The normalized spacial score (nSPS) is 14.5. The summed E-state index contributed by atoms with van der Waals surface area (Å²) in [4.78, 5) is 11.3. The lowest BCUT2D eigenvalue weighted by atomic mass is 10.2. The Balaban J connectivity index is 2.38. The van der Waals surface area contributed by atoms with Crippen molar-refractivity contribution in [2.24, 2.45) is 5.10 Å². The van der Waals surface area contributed by atoms with E-state index in [1.807, 2.05) is 4.72 Å². The minimum absolute atomic E-state index is 0.0179. The van der Waals surface area contributed by atoms with Crippen LogP contribution in [0.3, 0.4) is 0 Å². The van der Waals surface area contributed by atoms with Gasteiger partial charge in [-0.15, -0.1) is 0 Å². The maximum absolute atomic E-state index is 11.5. The van der Waals surface area contributed by atoms with Crippen molar-refractivity contribution in [1.29, 1.82) is 10.5 Å². The minimum Gasteiger partial charge on any atom is -0.276 e. The van der Waals surface area contributed by atoms with Crippen molar-refractivity contribution in [2.75, 3.05) is 5.43 Å². The van der Waals surface area contributed by atoms with Crippen LogP contribution in [0.2, 0.25) is 0 Å². The molecular formula is C10H5N5O3S. The Labute approximate surface area is 108 Å². The molecular weight excluding hydrogens is 270 g/mol. The SMILES string of the molecule is N#CC(C#N)=NNc1ccc2c(c1)C(=O)NS2(=O)=O. The fraction of sp³-hybridized carbons (Fsp3) is 0. The zero-order valence-electron chi connectivity index (χ0n) is 9.21. The Morgan fingerprint density at radius 1 is 1.32 bits per heavy atom. The number of carbonyl (C=O) groups is 1. The summed E-state index contributed by atoms with van der Waals surface area (Å²) in [7, 11) is -3.78. The number of benzene rings is 1. The van der Waals surface area contributed by atoms with E-state index in [9.17, 15) is 13.2 Å². The van der Waals surface area contributed by atoms with Crippen LogP contribution in [-0.4, -0.2) is 20.0 Å². The zero-order chi connectivity index (χ0) is 14.0. The van der Waals surface area contributed by atoms with E-state index in [-0.39, 0.29) is 16.1 Å². The highest BCUT2D eigenvalue weighted by Crippen LogP contribution is 2.25. The van der Waals surface area contributed by atoms with Gasteiger partial charge in [-0.05, 0) is 18.2 Å². The van der Waals surface area contributed by atoms with E-state index in [1.165, 1.54) is 18.2 Å². The number of amides is 1. The first-order valence-corrected chi connectivity index (χ1v) is 6.31. The predicted molar refractivity (Wildman–Crippen MR) is 63.4 cm³/mol. The maximum Gasteiger partial charge on any atom is 0.266 e. The van der Waals surface area contributed by atoms with Crippen LogP contribution in [0.25, 0.3) is 0 Å². The molecule has 0 spiro atoms. The number of fused-ring (bicyclic) bond motifs is 1. The highest BCUT2D eigenvalue weighted by atomic mass is 32.2. The summed E-state index contributed by atoms with van der Waals surface area (Å²) in [6.45, 7) is 0. The summed E-state index contributed by atoms with van der Waals surface area (Å²) in [6.07, 6.45) is 0. The average Bonchev–Trinajstić information content (AvgIpc) is 2.61. The Hall–Kier alpha value is -2.91. The Morgan fingerprint density at radius 2 is 2.00 bits per heavy atom. The van der Waals surface area contributed by atoms with Crippen LogP contribution < -0.4 is 10.1 Å².